The van der Waals surface area contributed by atoms with Crippen LogP contribution in [-0.2, 0) is 6.42 Å². The number of nitrogens with zero attached hydrogens (tertiary/aromatic N) is 2. The highest BCUT2D eigenvalue weighted by Crippen LogP contribution is 2.20. The van der Waals surface area contributed by atoms with Crippen LogP contribution in [0.5, 0.6) is 0 Å². The van der Waals surface area contributed by atoms with Crippen molar-refractivity contribution in [2.24, 2.45) is 0 Å². The molecule has 2 aromatic heterocycles. The molecule has 0 unspecified atom stereocenters. The van der Waals surface area contributed by atoms with Gasteiger partial charge in [0.2, 0.25) is 0 Å². The maximum Gasteiger partial charge on any atom is 0.183 e. The van der Waals surface area contributed by atoms with Crippen LogP contribution in [0.3, 0.4) is 0 Å². The Labute approximate surface area is 106 Å². The van der Waals surface area contributed by atoms with E-state index in [0.29, 0.717) is 0 Å². The lowest BCUT2D eigenvalue weighted by molar-refractivity contribution is 0.991. The molecule has 0 spiro atoms. The highest BCUT2D eigenvalue weighted by molar-refractivity contribution is 7.15. The zero-order valence-electron chi connectivity index (χ0n) is 10.4. The van der Waals surface area contributed by atoms with Gasteiger partial charge in [-0.15, -0.1) is 11.3 Å². The van der Waals surface area contributed by atoms with Crippen molar-refractivity contribution in [1.29, 1.82) is 0 Å². The smallest absolute Gasteiger partial charge is 0.183 e. The number of nitrogens with one attached hydrogen (secondary N) is 1. The van der Waals surface area contributed by atoms with Crippen LogP contribution in [0.1, 0.15) is 21.8 Å². The molecule has 90 valence electrons. The largest absolute Gasteiger partial charge is 0.361 e. The molecule has 0 aliphatic carbocycles. The minimum atomic E-state index is 0.900. The van der Waals surface area contributed by atoms with Gasteiger partial charge in [-0.1, -0.05) is 6.07 Å². The zero-order chi connectivity index (χ0) is 12.3. The van der Waals surface area contributed by atoms with E-state index < -0.39 is 0 Å². The molecule has 0 radical (unpaired) electrons. The summed E-state index contributed by atoms with van der Waals surface area (Å²) in [5.41, 5.74) is 3.44. The highest BCUT2D eigenvalue weighted by atomic mass is 32.1. The molecule has 1 N–H and O–H groups in total. The minimum absolute atomic E-state index is 0.900. The van der Waals surface area contributed by atoms with Gasteiger partial charge in [-0.2, -0.15) is 0 Å². The molecule has 0 bridgehead atoms. The molecule has 3 nitrogen and oxygen atoms in total. The number of hydrogen-bond donors (Lipinski definition) is 1. The van der Waals surface area contributed by atoms with Crippen molar-refractivity contribution in [3.8, 4) is 0 Å². The zero-order valence-corrected chi connectivity index (χ0v) is 11.3. The molecule has 2 rings (SSSR count). The first-order chi connectivity index (χ1) is 8.15. The SMILES string of the molecule is Cc1ccc(CCNc2nc(C)c(C)s2)cn1. The molecule has 2 heterocycles. The Morgan fingerprint density at radius 2 is 2.06 bits per heavy atom. The summed E-state index contributed by atoms with van der Waals surface area (Å²) in [5.74, 6) is 0. The summed E-state index contributed by atoms with van der Waals surface area (Å²) in [5, 5.41) is 4.36. The third-order valence-corrected chi connectivity index (χ3v) is 3.72. The number of aryl methyl sites for hydroxylation is 3. The van der Waals surface area contributed by atoms with Crippen LogP contribution in [0, 0.1) is 20.8 Å². The van der Waals surface area contributed by atoms with Gasteiger partial charge >= 0.3 is 0 Å². The van der Waals surface area contributed by atoms with Crippen molar-refractivity contribution in [3.05, 3.63) is 40.2 Å². The highest BCUT2D eigenvalue weighted by Gasteiger charge is 2.02. The molecule has 17 heavy (non-hydrogen) atoms. The predicted octanol–water partition coefficient (Wildman–Crippen LogP) is 3.12. The minimum Gasteiger partial charge on any atom is -0.361 e. The fourth-order valence-corrected chi connectivity index (χ4v) is 2.35. The number of rotatable bonds is 4. The number of thiazole rings is 1. The Hall–Kier alpha value is -1.42. The molecular weight excluding hydrogens is 230 g/mol. The molecule has 0 aliphatic heterocycles. The maximum absolute atomic E-state index is 4.45. The second kappa shape index (κ2) is 5.27. The van der Waals surface area contributed by atoms with Crippen LogP contribution < -0.4 is 5.32 Å². The summed E-state index contributed by atoms with van der Waals surface area (Å²) >= 11 is 1.71. The molecule has 0 aliphatic rings. The van der Waals surface area contributed by atoms with Crippen LogP contribution in [0.4, 0.5) is 5.13 Å². The van der Waals surface area contributed by atoms with Gasteiger partial charge in [-0.3, -0.25) is 4.98 Å². The molecule has 4 heteroatoms. The van der Waals surface area contributed by atoms with Gasteiger partial charge in [0, 0.05) is 23.3 Å². The van der Waals surface area contributed by atoms with Gasteiger partial charge in [0.05, 0.1) is 5.69 Å². The van der Waals surface area contributed by atoms with E-state index in [4.69, 9.17) is 0 Å². The lowest BCUT2D eigenvalue weighted by Crippen LogP contribution is -2.04. The van der Waals surface area contributed by atoms with E-state index in [2.05, 4.69) is 28.3 Å². The molecule has 2 aromatic rings. The normalized spacial score (nSPS) is 10.5. The van der Waals surface area contributed by atoms with Crippen LogP contribution in [-0.4, -0.2) is 16.5 Å². The molecular formula is C13H17N3S. The average molecular weight is 247 g/mol. The summed E-state index contributed by atoms with van der Waals surface area (Å²) in [6.07, 6.45) is 2.92. The topological polar surface area (TPSA) is 37.8 Å². The monoisotopic (exact) mass is 247 g/mol. The van der Waals surface area contributed by atoms with Crippen LogP contribution in [0.2, 0.25) is 0 Å². The van der Waals surface area contributed by atoms with Gasteiger partial charge in [0.1, 0.15) is 0 Å². The average Bonchev–Trinajstić information content (AvgIpc) is 2.61. The molecule has 0 atom stereocenters. The first-order valence-electron chi connectivity index (χ1n) is 5.74. The van der Waals surface area contributed by atoms with Crippen LogP contribution in [0.15, 0.2) is 18.3 Å². The Bertz CT molecular complexity index is 468. The van der Waals surface area contributed by atoms with Gasteiger partial charge in [-0.25, -0.2) is 4.98 Å². The van der Waals surface area contributed by atoms with E-state index >= 15 is 0 Å². The van der Waals surface area contributed by atoms with Gasteiger partial charge < -0.3 is 5.32 Å². The predicted molar refractivity (Wildman–Crippen MR) is 72.8 cm³/mol. The van der Waals surface area contributed by atoms with Gasteiger partial charge in [0.25, 0.3) is 0 Å². The first kappa shape index (κ1) is 12.0. The second-order valence-corrected chi connectivity index (χ2v) is 5.35. The van der Waals surface area contributed by atoms with Crippen LogP contribution >= 0.6 is 11.3 Å². The van der Waals surface area contributed by atoms with E-state index in [1.807, 2.05) is 26.1 Å². The molecule has 0 amide bonds. The standard InChI is InChI=1S/C13H17N3S/c1-9-4-5-12(8-15-9)6-7-14-13-16-10(2)11(3)17-13/h4-5,8H,6-7H2,1-3H3,(H,14,16). The van der Waals surface area contributed by atoms with E-state index in [1.165, 1.54) is 10.4 Å². The van der Waals surface area contributed by atoms with E-state index in [0.717, 1.165) is 29.5 Å². The third kappa shape index (κ3) is 3.27. The van der Waals surface area contributed by atoms with Crippen molar-refractivity contribution in [3.63, 3.8) is 0 Å². The Balaban J connectivity index is 1.85. The summed E-state index contributed by atoms with van der Waals surface area (Å²) in [7, 11) is 0. The third-order valence-electron chi connectivity index (χ3n) is 2.69. The molecule has 0 saturated carbocycles. The lowest BCUT2D eigenvalue weighted by atomic mass is 10.2. The number of anilines is 1. The Kier molecular flexibility index (Phi) is 3.74. The summed E-state index contributed by atoms with van der Waals surface area (Å²) in [6.45, 7) is 7.04. The molecule has 0 saturated heterocycles. The fraction of sp³-hybridized carbons (Fsp3) is 0.385. The van der Waals surface area contributed by atoms with Crippen molar-refractivity contribution >= 4 is 16.5 Å². The van der Waals surface area contributed by atoms with Crippen molar-refractivity contribution < 1.29 is 0 Å². The second-order valence-electron chi connectivity index (χ2n) is 4.15. The fourth-order valence-electron chi connectivity index (χ4n) is 1.51. The van der Waals surface area contributed by atoms with E-state index in [9.17, 15) is 0 Å². The molecule has 0 aromatic carbocycles. The van der Waals surface area contributed by atoms with Gasteiger partial charge in [0.15, 0.2) is 5.13 Å². The van der Waals surface area contributed by atoms with Gasteiger partial charge in [-0.05, 0) is 38.8 Å². The first-order valence-corrected chi connectivity index (χ1v) is 6.56. The van der Waals surface area contributed by atoms with Crippen molar-refractivity contribution in [2.45, 2.75) is 27.2 Å². The number of hydrogen-bond acceptors (Lipinski definition) is 4. The Morgan fingerprint density at radius 3 is 2.65 bits per heavy atom. The van der Waals surface area contributed by atoms with E-state index in [-0.39, 0.29) is 0 Å². The summed E-state index contributed by atoms with van der Waals surface area (Å²) in [4.78, 5) is 10.0. The quantitative estimate of drug-likeness (QED) is 0.902. The van der Waals surface area contributed by atoms with Crippen molar-refractivity contribution in [2.75, 3.05) is 11.9 Å². The maximum atomic E-state index is 4.45. The van der Waals surface area contributed by atoms with Crippen LogP contribution in [0.25, 0.3) is 0 Å². The number of aromatic nitrogens is 2. The lowest BCUT2D eigenvalue weighted by Gasteiger charge is -2.02. The molecule has 0 fully saturated rings. The van der Waals surface area contributed by atoms with E-state index in [1.54, 1.807) is 11.3 Å². The summed E-state index contributed by atoms with van der Waals surface area (Å²) < 4.78 is 0. The van der Waals surface area contributed by atoms with Crippen molar-refractivity contribution in [1.82, 2.24) is 9.97 Å². The summed E-state index contributed by atoms with van der Waals surface area (Å²) in [6, 6.07) is 4.18. The number of pyridine rings is 1. The Morgan fingerprint density at radius 1 is 1.24 bits per heavy atom.